The van der Waals surface area contributed by atoms with E-state index in [0.717, 1.165) is 51.5 Å². The average molecular weight is 411 g/mol. The SMILES string of the molecule is CCC1(C(=O)NC2CCC(CN)CC2)CC2CC(c3ccccc3)(CC(C)C2C)C1. The van der Waals surface area contributed by atoms with E-state index in [-0.39, 0.29) is 10.8 Å². The molecule has 3 saturated carbocycles. The van der Waals surface area contributed by atoms with Crippen LogP contribution in [-0.4, -0.2) is 18.5 Å². The summed E-state index contributed by atoms with van der Waals surface area (Å²) >= 11 is 0. The maximum Gasteiger partial charge on any atom is 0.226 e. The summed E-state index contributed by atoms with van der Waals surface area (Å²) < 4.78 is 0. The fourth-order valence-corrected chi connectivity index (χ4v) is 7.28. The molecule has 3 aliphatic carbocycles. The fraction of sp³-hybridized carbons (Fsp3) is 0.741. The monoisotopic (exact) mass is 410 g/mol. The van der Waals surface area contributed by atoms with Crippen molar-refractivity contribution in [1.29, 1.82) is 0 Å². The summed E-state index contributed by atoms with van der Waals surface area (Å²) in [6.45, 7) is 7.90. The highest BCUT2D eigenvalue weighted by atomic mass is 16.2. The summed E-state index contributed by atoms with van der Waals surface area (Å²) in [5.41, 5.74) is 7.26. The normalized spacial score (nSPS) is 41.3. The zero-order chi connectivity index (χ0) is 21.4. The van der Waals surface area contributed by atoms with Gasteiger partial charge in [-0.25, -0.2) is 0 Å². The van der Waals surface area contributed by atoms with E-state index in [1.165, 1.54) is 18.4 Å². The number of nitrogens with one attached hydrogen (secondary N) is 1. The van der Waals surface area contributed by atoms with Gasteiger partial charge in [-0.15, -0.1) is 0 Å². The zero-order valence-electron chi connectivity index (χ0n) is 19.3. The topological polar surface area (TPSA) is 55.1 Å². The molecule has 0 aliphatic heterocycles. The van der Waals surface area contributed by atoms with Crippen molar-refractivity contribution in [2.45, 2.75) is 90.0 Å². The number of carbonyl (C=O) groups excluding carboxylic acids is 1. The van der Waals surface area contributed by atoms with Crippen molar-refractivity contribution in [2.75, 3.05) is 6.54 Å². The van der Waals surface area contributed by atoms with Gasteiger partial charge in [-0.05, 0) is 99.0 Å². The first kappa shape index (κ1) is 21.9. The molecule has 3 aliphatic rings. The van der Waals surface area contributed by atoms with Crippen LogP contribution in [-0.2, 0) is 10.2 Å². The zero-order valence-corrected chi connectivity index (χ0v) is 19.3. The molecule has 3 fully saturated rings. The predicted molar refractivity (Wildman–Crippen MR) is 124 cm³/mol. The van der Waals surface area contributed by atoms with E-state index in [2.05, 4.69) is 56.4 Å². The van der Waals surface area contributed by atoms with Gasteiger partial charge in [0.1, 0.15) is 0 Å². The summed E-state index contributed by atoms with van der Waals surface area (Å²) in [6, 6.07) is 11.5. The van der Waals surface area contributed by atoms with Crippen LogP contribution < -0.4 is 11.1 Å². The first-order valence-electron chi connectivity index (χ1n) is 12.5. The van der Waals surface area contributed by atoms with Gasteiger partial charge >= 0.3 is 0 Å². The molecule has 0 heterocycles. The third kappa shape index (κ3) is 3.95. The molecule has 3 heteroatoms. The van der Waals surface area contributed by atoms with Crippen LogP contribution in [0.4, 0.5) is 0 Å². The molecule has 1 aromatic carbocycles. The van der Waals surface area contributed by atoms with E-state index in [1.807, 2.05) is 0 Å². The minimum absolute atomic E-state index is 0.153. The van der Waals surface area contributed by atoms with Crippen LogP contribution in [0.3, 0.4) is 0 Å². The number of fused-ring (bicyclic) bond motifs is 2. The largest absolute Gasteiger partial charge is 0.353 e. The minimum Gasteiger partial charge on any atom is -0.353 e. The molecule has 4 rings (SSSR count). The molecule has 0 aromatic heterocycles. The van der Waals surface area contributed by atoms with E-state index in [0.29, 0.717) is 35.6 Å². The van der Waals surface area contributed by atoms with Crippen molar-refractivity contribution in [3.8, 4) is 0 Å². The summed E-state index contributed by atoms with van der Waals surface area (Å²) in [5, 5.41) is 3.53. The van der Waals surface area contributed by atoms with Gasteiger partial charge < -0.3 is 11.1 Å². The molecule has 166 valence electrons. The standard InChI is InChI=1S/C27H42N2O/c1-4-26(25(30)29-24-12-10-21(17-28)11-13-24)15-22-16-27(18-26,14-19(2)20(22)3)23-8-6-5-7-9-23/h5-9,19-22,24H,4,10-18,28H2,1-3H3,(H,29,30). The molecule has 3 nitrogen and oxygen atoms in total. The molecule has 2 bridgehead atoms. The van der Waals surface area contributed by atoms with Crippen LogP contribution in [0.15, 0.2) is 30.3 Å². The molecule has 1 amide bonds. The summed E-state index contributed by atoms with van der Waals surface area (Å²) in [6.07, 6.45) is 9.98. The first-order valence-corrected chi connectivity index (χ1v) is 12.5. The summed E-state index contributed by atoms with van der Waals surface area (Å²) in [4.78, 5) is 13.8. The minimum atomic E-state index is -0.224. The quantitative estimate of drug-likeness (QED) is 0.680. The summed E-state index contributed by atoms with van der Waals surface area (Å²) in [7, 11) is 0. The smallest absolute Gasteiger partial charge is 0.226 e. The van der Waals surface area contributed by atoms with Gasteiger partial charge in [-0.2, -0.15) is 0 Å². The third-order valence-electron chi connectivity index (χ3n) is 9.40. The molecular weight excluding hydrogens is 368 g/mol. The Bertz CT molecular complexity index is 722. The molecule has 0 saturated heterocycles. The second-order valence-electron chi connectivity index (χ2n) is 11.1. The Morgan fingerprint density at radius 1 is 1.07 bits per heavy atom. The van der Waals surface area contributed by atoms with Gasteiger partial charge in [0.15, 0.2) is 0 Å². The molecule has 5 atom stereocenters. The van der Waals surface area contributed by atoms with Crippen molar-refractivity contribution in [3.05, 3.63) is 35.9 Å². The molecule has 1 aromatic rings. The van der Waals surface area contributed by atoms with Crippen molar-refractivity contribution >= 4 is 5.91 Å². The Morgan fingerprint density at radius 2 is 1.77 bits per heavy atom. The number of hydrogen-bond acceptors (Lipinski definition) is 2. The number of nitrogens with two attached hydrogens (primary N) is 1. The highest BCUT2D eigenvalue weighted by Crippen LogP contribution is 2.60. The Kier molecular flexibility index (Phi) is 6.30. The van der Waals surface area contributed by atoms with Crippen LogP contribution in [0.5, 0.6) is 0 Å². The van der Waals surface area contributed by atoms with Crippen LogP contribution >= 0.6 is 0 Å². The van der Waals surface area contributed by atoms with Gasteiger partial charge in [0.05, 0.1) is 5.41 Å². The second kappa shape index (κ2) is 8.65. The maximum absolute atomic E-state index is 13.8. The third-order valence-corrected chi connectivity index (χ3v) is 9.40. The van der Waals surface area contributed by atoms with Gasteiger partial charge in [0.2, 0.25) is 5.91 Å². The number of rotatable bonds is 5. The van der Waals surface area contributed by atoms with Crippen molar-refractivity contribution < 1.29 is 4.79 Å². The van der Waals surface area contributed by atoms with Gasteiger partial charge in [0.25, 0.3) is 0 Å². The predicted octanol–water partition coefficient (Wildman–Crippen LogP) is 5.43. The van der Waals surface area contributed by atoms with Crippen LogP contribution in [0.2, 0.25) is 0 Å². The van der Waals surface area contributed by atoms with Crippen molar-refractivity contribution in [3.63, 3.8) is 0 Å². The lowest BCUT2D eigenvalue weighted by molar-refractivity contribution is -0.141. The molecule has 30 heavy (non-hydrogen) atoms. The fourth-order valence-electron chi connectivity index (χ4n) is 7.28. The Balaban J connectivity index is 1.59. The number of benzene rings is 1. The maximum atomic E-state index is 13.8. The van der Waals surface area contributed by atoms with Crippen LogP contribution in [0.1, 0.15) is 84.1 Å². The van der Waals surface area contributed by atoms with Crippen molar-refractivity contribution in [1.82, 2.24) is 5.32 Å². The van der Waals surface area contributed by atoms with E-state index < -0.39 is 0 Å². The lowest BCUT2D eigenvalue weighted by Crippen LogP contribution is -2.56. The average Bonchev–Trinajstić information content (AvgIpc) is 2.78. The van der Waals surface area contributed by atoms with Gasteiger partial charge in [0, 0.05) is 6.04 Å². The van der Waals surface area contributed by atoms with E-state index in [4.69, 9.17) is 5.73 Å². The lowest BCUT2D eigenvalue weighted by Gasteiger charge is -2.57. The van der Waals surface area contributed by atoms with Gasteiger partial charge in [-0.1, -0.05) is 51.1 Å². The Labute approximate surface area is 183 Å². The van der Waals surface area contributed by atoms with E-state index in [1.54, 1.807) is 0 Å². The first-order chi connectivity index (χ1) is 14.4. The Morgan fingerprint density at radius 3 is 2.40 bits per heavy atom. The Hall–Kier alpha value is -1.35. The second-order valence-corrected chi connectivity index (χ2v) is 11.1. The number of amides is 1. The van der Waals surface area contributed by atoms with E-state index >= 15 is 0 Å². The molecular formula is C27H42N2O. The van der Waals surface area contributed by atoms with Gasteiger partial charge in [-0.3, -0.25) is 4.79 Å². The van der Waals surface area contributed by atoms with Crippen LogP contribution in [0.25, 0.3) is 0 Å². The van der Waals surface area contributed by atoms with Crippen molar-refractivity contribution in [2.24, 2.45) is 34.8 Å². The van der Waals surface area contributed by atoms with E-state index in [9.17, 15) is 4.79 Å². The summed E-state index contributed by atoms with van der Waals surface area (Å²) in [5.74, 6) is 3.04. The number of hydrogen-bond donors (Lipinski definition) is 2. The molecule has 3 N–H and O–H groups in total. The highest BCUT2D eigenvalue weighted by molar-refractivity contribution is 5.83. The molecule has 0 spiro atoms. The molecule has 0 radical (unpaired) electrons. The lowest BCUT2D eigenvalue weighted by atomic mass is 9.47. The number of carbonyl (C=O) groups is 1. The molecule has 5 unspecified atom stereocenters. The van der Waals surface area contributed by atoms with Crippen LogP contribution in [0, 0.1) is 29.1 Å². The highest BCUT2D eigenvalue weighted by Gasteiger charge is 2.56.